The maximum absolute atomic E-state index is 5.62. The first kappa shape index (κ1) is 15.6. The van der Waals surface area contributed by atoms with Crippen LogP contribution in [0.25, 0.3) is 0 Å². The van der Waals surface area contributed by atoms with Crippen LogP contribution < -0.4 is 5.32 Å². The summed E-state index contributed by atoms with van der Waals surface area (Å²) in [5, 5.41) is 8.20. The van der Waals surface area contributed by atoms with Gasteiger partial charge < -0.3 is 14.6 Å². The van der Waals surface area contributed by atoms with E-state index >= 15 is 0 Å². The molecule has 1 aromatic heterocycles. The largest absolute Gasteiger partial charge is 0.381 e. The zero-order valence-electron chi connectivity index (χ0n) is 12.4. The number of thioether (sulfide) groups is 2. The van der Waals surface area contributed by atoms with E-state index in [0.29, 0.717) is 17.9 Å². The van der Waals surface area contributed by atoms with Gasteiger partial charge in [-0.3, -0.25) is 0 Å². The van der Waals surface area contributed by atoms with Crippen molar-refractivity contribution in [2.45, 2.75) is 37.0 Å². The molecular weight excluding hydrogens is 306 g/mol. The highest BCUT2D eigenvalue weighted by Crippen LogP contribution is 2.36. The Bertz CT molecular complexity index is 438. The van der Waals surface area contributed by atoms with Gasteiger partial charge in [0.05, 0.1) is 17.8 Å². The summed E-state index contributed by atoms with van der Waals surface area (Å²) in [6.07, 6.45) is 2.14. The maximum Gasteiger partial charge on any atom is 0.233 e. The third-order valence-electron chi connectivity index (χ3n) is 3.89. The third kappa shape index (κ3) is 3.94. The lowest BCUT2D eigenvalue weighted by Gasteiger charge is -2.29. The van der Waals surface area contributed by atoms with E-state index in [1.807, 2.05) is 23.5 Å². The zero-order chi connectivity index (χ0) is 14.5. The normalized spacial score (nSPS) is 30.4. The topological polar surface area (TPSA) is 60.2 Å². The number of hydrogen-bond donors (Lipinski definition) is 1. The van der Waals surface area contributed by atoms with Crippen molar-refractivity contribution in [2.24, 2.45) is 0 Å². The summed E-state index contributed by atoms with van der Waals surface area (Å²) in [5.41, 5.74) is 0. The predicted molar refractivity (Wildman–Crippen MR) is 87.1 cm³/mol. The smallest absolute Gasteiger partial charge is 0.233 e. The molecule has 1 aromatic rings. The molecule has 0 radical (unpaired) electrons. The van der Waals surface area contributed by atoms with Gasteiger partial charge in [0.1, 0.15) is 0 Å². The van der Waals surface area contributed by atoms with Crippen LogP contribution in [0.1, 0.15) is 42.6 Å². The van der Waals surface area contributed by atoms with Gasteiger partial charge in [-0.25, -0.2) is 0 Å². The molecule has 2 fully saturated rings. The van der Waals surface area contributed by atoms with Crippen molar-refractivity contribution in [2.75, 3.05) is 37.0 Å². The second kappa shape index (κ2) is 7.85. The van der Waals surface area contributed by atoms with Crippen LogP contribution >= 0.6 is 23.5 Å². The van der Waals surface area contributed by atoms with Crippen LogP contribution in [0.2, 0.25) is 0 Å². The van der Waals surface area contributed by atoms with Crippen LogP contribution in [0.15, 0.2) is 4.52 Å². The van der Waals surface area contributed by atoms with Gasteiger partial charge in [-0.2, -0.15) is 16.7 Å². The van der Waals surface area contributed by atoms with E-state index in [-0.39, 0.29) is 5.92 Å². The average molecular weight is 329 g/mol. The maximum atomic E-state index is 5.62. The molecule has 3 rings (SSSR count). The Morgan fingerprint density at radius 2 is 2.33 bits per heavy atom. The standard InChI is InChI=1S/C14H23N3O2S2/c1-2-4-15-11-3-5-18-8-10(11)14-16-13(17-19-14)12-9-20-6-7-21-12/h10-12,15H,2-9H2,1H3. The van der Waals surface area contributed by atoms with E-state index in [2.05, 4.69) is 22.4 Å². The first-order valence-electron chi connectivity index (χ1n) is 7.72. The number of aromatic nitrogens is 2. The summed E-state index contributed by atoms with van der Waals surface area (Å²) in [5.74, 6) is 5.28. The Labute approximate surface area is 134 Å². The lowest BCUT2D eigenvalue weighted by molar-refractivity contribution is 0.0498. The summed E-state index contributed by atoms with van der Waals surface area (Å²) in [4.78, 5) is 4.68. The first-order valence-corrected chi connectivity index (χ1v) is 9.92. The summed E-state index contributed by atoms with van der Waals surface area (Å²) in [6.45, 7) is 4.70. The molecule has 0 aliphatic carbocycles. The first-order chi connectivity index (χ1) is 10.4. The zero-order valence-corrected chi connectivity index (χ0v) is 14.0. The molecule has 0 amide bonds. The molecule has 0 bridgehead atoms. The van der Waals surface area contributed by atoms with Crippen molar-refractivity contribution in [1.82, 2.24) is 15.5 Å². The lowest BCUT2D eigenvalue weighted by Crippen LogP contribution is -2.41. The molecule has 7 heteroatoms. The molecule has 2 aliphatic heterocycles. The van der Waals surface area contributed by atoms with Gasteiger partial charge in [-0.05, 0) is 19.4 Å². The minimum absolute atomic E-state index is 0.188. The van der Waals surface area contributed by atoms with Crippen LogP contribution in [0.5, 0.6) is 0 Å². The van der Waals surface area contributed by atoms with Gasteiger partial charge >= 0.3 is 0 Å². The van der Waals surface area contributed by atoms with Crippen molar-refractivity contribution in [3.8, 4) is 0 Å². The van der Waals surface area contributed by atoms with Crippen molar-refractivity contribution >= 4 is 23.5 Å². The Morgan fingerprint density at radius 1 is 1.38 bits per heavy atom. The van der Waals surface area contributed by atoms with E-state index in [1.54, 1.807) is 0 Å². The van der Waals surface area contributed by atoms with Gasteiger partial charge in [0.25, 0.3) is 0 Å². The fourth-order valence-electron chi connectivity index (χ4n) is 2.72. The highest BCUT2D eigenvalue weighted by molar-refractivity contribution is 8.06. The van der Waals surface area contributed by atoms with E-state index in [9.17, 15) is 0 Å². The molecule has 3 atom stereocenters. The quantitative estimate of drug-likeness (QED) is 0.890. The number of ether oxygens (including phenoxy) is 1. The van der Waals surface area contributed by atoms with E-state index in [1.165, 1.54) is 11.5 Å². The predicted octanol–water partition coefficient (Wildman–Crippen LogP) is 2.46. The van der Waals surface area contributed by atoms with Crippen LogP contribution in [0.4, 0.5) is 0 Å². The van der Waals surface area contributed by atoms with Gasteiger partial charge in [0.15, 0.2) is 5.82 Å². The number of rotatable bonds is 5. The SMILES string of the molecule is CCCNC1CCOCC1c1nc(C2CSCCS2)no1. The van der Waals surface area contributed by atoms with Gasteiger partial charge in [-0.15, -0.1) is 11.8 Å². The van der Waals surface area contributed by atoms with Crippen LogP contribution in [-0.2, 0) is 4.74 Å². The molecule has 0 spiro atoms. The fraction of sp³-hybridized carbons (Fsp3) is 0.857. The lowest BCUT2D eigenvalue weighted by atomic mass is 9.95. The van der Waals surface area contributed by atoms with Crippen molar-refractivity contribution in [1.29, 1.82) is 0 Å². The molecular formula is C14H23N3O2S2. The number of nitrogens with one attached hydrogen (secondary N) is 1. The van der Waals surface area contributed by atoms with E-state index in [0.717, 1.165) is 43.5 Å². The minimum Gasteiger partial charge on any atom is -0.381 e. The second-order valence-electron chi connectivity index (χ2n) is 5.46. The molecule has 2 saturated heterocycles. The van der Waals surface area contributed by atoms with Gasteiger partial charge in [0.2, 0.25) is 5.89 Å². The molecule has 3 unspecified atom stereocenters. The molecule has 1 N–H and O–H groups in total. The van der Waals surface area contributed by atoms with E-state index in [4.69, 9.17) is 9.26 Å². The number of nitrogens with zero attached hydrogens (tertiary/aromatic N) is 2. The summed E-state index contributed by atoms with van der Waals surface area (Å²) < 4.78 is 11.2. The Kier molecular flexibility index (Phi) is 5.85. The molecule has 21 heavy (non-hydrogen) atoms. The Balaban J connectivity index is 1.67. The molecule has 3 heterocycles. The average Bonchev–Trinajstić information content (AvgIpc) is 3.04. The highest BCUT2D eigenvalue weighted by Gasteiger charge is 2.32. The van der Waals surface area contributed by atoms with Gasteiger partial charge in [-0.1, -0.05) is 12.1 Å². The molecule has 2 aliphatic rings. The van der Waals surface area contributed by atoms with E-state index < -0.39 is 0 Å². The summed E-state index contributed by atoms with van der Waals surface area (Å²) >= 11 is 3.91. The Hall–Kier alpha value is -0.240. The fourth-order valence-corrected chi connectivity index (χ4v) is 5.31. The Morgan fingerprint density at radius 3 is 3.14 bits per heavy atom. The van der Waals surface area contributed by atoms with Gasteiger partial charge in [0, 0.05) is 29.9 Å². The third-order valence-corrected chi connectivity index (χ3v) is 6.64. The highest BCUT2D eigenvalue weighted by atomic mass is 32.2. The van der Waals surface area contributed by atoms with Crippen molar-refractivity contribution in [3.63, 3.8) is 0 Å². The summed E-state index contributed by atoms with van der Waals surface area (Å²) in [6, 6.07) is 0.389. The van der Waals surface area contributed by atoms with Crippen molar-refractivity contribution < 1.29 is 9.26 Å². The van der Waals surface area contributed by atoms with Crippen LogP contribution in [-0.4, -0.2) is 53.2 Å². The molecule has 5 nitrogen and oxygen atoms in total. The van der Waals surface area contributed by atoms with Crippen LogP contribution in [0.3, 0.4) is 0 Å². The van der Waals surface area contributed by atoms with Crippen molar-refractivity contribution in [3.05, 3.63) is 11.7 Å². The second-order valence-corrected chi connectivity index (χ2v) is 7.92. The summed E-state index contributed by atoms with van der Waals surface area (Å²) in [7, 11) is 0. The monoisotopic (exact) mass is 329 g/mol. The molecule has 0 saturated carbocycles. The van der Waals surface area contributed by atoms with Crippen LogP contribution in [0, 0.1) is 0 Å². The minimum atomic E-state index is 0.188. The molecule has 0 aromatic carbocycles. The molecule has 118 valence electrons. The number of hydrogen-bond acceptors (Lipinski definition) is 7.